The van der Waals surface area contributed by atoms with Gasteiger partial charge in [0.05, 0.1) is 22.9 Å². The SMILES string of the molecule is N#Cc1cc(F)c(N)c(C(F)(F)F)c1. The summed E-state index contributed by atoms with van der Waals surface area (Å²) >= 11 is 0. The monoisotopic (exact) mass is 204 g/mol. The molecule has 6 heteroatoms. The number of anilines is 1. The molecule has 0 amide bonds. The molecule has 74 valence electrons. The summed E-state index contributed by atoms with van der Waals surface area (Å²) in [7, 11) is 0. The molecular formula is C8H4F4N2. The first-order chi connectivity index (χ1) is 6.36. The van der Waals surface area contributed by atoms with Gasteiger partial charge in [-0.05, 0) is 12.1 Å². The second-order valence-electron chi connectivity index (χ2n) is 2.53. The maximum absolute atomic E-state index is 12.8. The summed E-state index contributed by atoms with van der Waals surface area (Å²) < 4.78 is 49.3. The highest BCUT2D eigenvalue weighted by Crippen LogP contribution is 2.35. The molecule has 1 aromatic carbocycles. The Hall–Kier alpha value is -1.77. The topological polar surface area (TPSA) is 49.8 Å². The average molecular weight is 204 g/mol. The summed E-state index contributed by atoms with van der Waals surface area (Å²) in [6, 6.07) is 2.58. The van der Waals surface area contributed by atoms with E-state index >= 15 is 0 Å². The van der Waals surface area contributed by atoms with Gasteiger partial charge >= 0.3 is 6.18 Å². The number of halogens is 4. The van der Waals surface area contributed by atoms with Crippen molar-refractivity contribution < 1.29 is 17.6 Å². The van der Waals surface area contributed by atoms with Crippen LogP contribution in [0.1, 0.15) is 11.1 Å². The fourth-order valence-electron chi connectivity index (χ4n) is 0.917. The first-order valence-electron chi connectivity index (χ1n) is 3.42. The normalized spacial score (nSPS) is 11.1. The molecule has 0 bridgehead atoms. The zero-order valence-electron chi connectivity index (χ0n) is 6.69. The van der Waals surface area contributed by atoms with Crippen molar-refractivity contribution in [2.45, 2.75) is 6.18 Å². The van der Waals surface area contributed by atoms with E-state index in [0.717, 1.165) is 0 Å². The Labute approximate surface area is 76.6 Å². The minimum absolute atomic E-state index is 0.413. The molecule has 1 aromatic rings. The highest BCUT2D eigenvalue weighted by molar-refractivity contribution is 5.53. The van der Waals surface area contributed by atoms with Gasteiger partial charge in [0.25, 0.3) is 0 Å². The molecule has 0 radical (unpaired) electrons. The summed E-state index contributed by atoms with van der Waals surface area (Å²) in [6.07, 6.45) is -4.75. The quantitative estimate of drug-likeness (QED) is 0.520. The largest absolute Gasteiger partial charge is 0.418 e. The Morgan fingerprint density at radius 2 is 1.86 bits per heavy atom. The Morgan fingerprint density at radius 1 is 1.29 bits per heavy atom. The summed E-state index contributed by atoms with van der Waals surface area (Å²) in [6.45, 7) is 0. The fraction of sp³-hybridized carbons (Fsp3) is 0.125. The Balaban J connectivity index is 3.44. The van der Waals surface area contributed by atoms with Crippen molar-refractivity contribution in [3.05, 3.63) is 29.1 Å². The Bertz CT molecular complexity index is 403. The van der Waals surface area contributed by atoms with E-state index in [1.54, 1.807) is 0 Å². The molecule has 2 N–H and O–H groups in total. The Morgan fingerprint density at radius 3 is 2.29 bits per heavy atom. The number of nitrogens with zero attached hydrogens (tertiary/aromatic N) is 1. The summed E-state index contributed by atoms with van der Waals surface area (Å²) in [5, 5.41) is 8.32. The zero-order valence-corrected chi connectivity index (χ0v) is 6.69. The molecule has 0 atom stereocenters. The minimum Gasteiger partial charge on any atom is -0.396 e. The van der Waals surface area contributed by atoms with E-state index in [2.05, 4.69) is 0 Å². The molecule has 0 aliphatic heterocycles. The first kappa shape index (κ1) is 10.3. The van der Waals surface area contributed by atoms with Crippen LogP contribution in [-0.4, -0.2) is 0 Å². The first-order valence-corrected chi connectivity index (χ1v) is 3.42. The van der Waals surface area contributed by atoms with Crippen LogP contribution in [0, 0.1) is 17.1 Å². The van der Waals surface area contributed by atoms with Crippen LogP contribution in [0.15, 0.2) is 12.1 Å². The Kier molecular flexibility index (Phi) is 2.34. The molecule has 1 rings (SSSR count). The number of rotatable bonds is 0. The smallest absolute Gasteiger partial charge is 0.396 e. The van der Waals surface area contributed by atoms with E-state index in [1.165, 1.54) is 6.07 Å². The molecule has 0 fully saturated rings. The van der Waals surface area contributed by atoms with E-state index in [1.807, 2.05) is 0 Å². The van der Waals surface area contributed by atoms with E-state index in [4.69, 9.17) is 11.0 Å². The van der Waals surface area contributed by atoms with Crippen molar-refractivity contribution in [3.63, 3.8) is 0 Å². The van der Waals surface area contributed by atoms with Gasteiger partial charge in [0.15, 0.2) is 0 Å². The molecule has 0 unspecified atom stereocenters. The molecule has 0 aliphatic rings. The number of nitrogen functional groups attached to an aromatic ring is 1. The van der Waals surface area contributed by atoms with E-state index in [-0.39, 0.29) is 0 Å². The number of hydrogen-bond acceptors (Lipinski definition) is 2. The van der Waals surface area contributed by atoms with Crippen molar-refractivity contribution in [2.75, 3.05) is 5.73 Å². The van der Waals surface area contributed by atoms with E-state index < -0.39 is 28.8 Å². The van der Waals surface area contributed by atoms with Crippen molar-refractivity contribution in [3.8, 4) is 6.07 Å². The lowest BCUT2D eigenvalue weighted by Gasteiger charge is -2.10. The van der Waals surface area contributed by atoms with Gasteiger partial charge in [-0.2, -0.15) is 18.4 Å². The summed E-state index contributed by atoms with van der Waals surface area (Å²) in [5.41, 5.74) is 2.16. The van der Waals surface area contributed by atoms with Crippen LogP contribution in [-0.2, 0) is 6.18 Å². The molecule has 14 heavy (non-hydrogen) atoms. The van der Waals surface area contributed by atoms with E-state index in [9.17, 15) is 17.6 Å². The molecule has 0 aliphatic carbocycles. The van der Waals surface area contributed by atoms with Crippen LogP contribution in [0.5, 0.6) is 0 Å². The van der Waals surface area contributed by atoms with Gasteiger partial charge in [0, 0.05) is 0 Å². The van der Waals surface area contributed by atoms with Gasteiger partial charge in [-0.15, -0.1) is 0 Å². The number of nitriles is 1. The average Bonchev–Trinajstić information content (AvgIpc) is 2.07. The molecule has 0 spiro atoms. The van der Waals surface area contributed by atoms with Gasteiger partial charge in [-0.25, -0.2) is 4.39 Å². The lowest BCUT2D eigenvalue weighted by molar-refractivity contribution is -0.137. The van der Waals surface area contributed by atoms with Crippen molar-refractivity contribution in [1.82, 2.24) is 0 Å². The number of nitrogens with two attached hydrogens (primary N) is 1. The summed E-state index contributed by atoms with van der Waals surface area (Å²) in [5.74, 6) is -1.24. The predicted molar refractivity (Wildman–Crippen MR) is 40.5 cm³/mol. The van der Waals surface area contributed by atoms with Crippen molar-refractivity contribution in [2.24, 2.45) is 0 Å². The molecular weight excluding hydrogens is 200 g/mol. The minimum atomic E-state index is -4.75. The highest BCUT2D eigenvalue weighted by atomic mass is 19.4. The highest BCUT2D eigenvalue weighted by Gasteiger charge is 2.34. The van der Waals surface area contributed by atoms with Crippen molar-refractivity contribution in [1.29, 1.82) is 5.26 Å². The second kappa shape index (κ2) is 3.18. The van der Waals surface area contributed by atoms with Crippen LogP contribution in [0.4, 0.5) is 23.2 Å². The lowest BCUT2D eigenvalue weighted by atomic mass is 10.1. The standard InChI is InChI=1S/C8H4F4N2/c9-6-2-4(3-13)1-5(7(6)14)8(10,11)12/h1-2H,14H2. The van der Waals surface area contributed by atoms with Gasteiger partial charge in [0.2, 0.25) is 0 Å². The van der Waals surface area contributed by atoms with Crippen LogP contribution >= 0.6 is 0 Å². The third-order valence-electron chi connectivity index (χ3n) is 1.56. The zero-order chi connectivity index (χ0) is 10.9. The predicted octanol–water partition coefficient (Wildman–Crippen LogP) is 2.30. The number of hydrogen-bond donors (Lipinski definition) is 1. The second-order valence-corrected chi connectivity index (χ2v) is 2.53. The van der Waals surface area contributed by atoms with Crippen LogP contribution in [0.25, 0.3) is 0 Å². The molecule has 2 nitrogen and oxygen atoms in total. The molecule has 0 saturated heterocycles. The lowest BCUT2D eigenvalue weighted by Crippen LogP contribution is -2.10. The van der Waals surface area contributed by atoms with Gasteiger partial charge < -0.3 is 5.73 Å². The molecule has 0 saturated carbocycles. The molecule has 0 heterocycles. The fourth-order valence-corrected chi connectivity index (χ4v) is 0.917. The summed E-state index contributed by atoms with van der Waals surface area (Å²) in [4.78, 5) is 0. The van der Waals surface area contributed by atoms with Gasteiger partial charge in [-0.3, -0.25) is 0 Å². The van der Waals surface area contributed by atoms with Crippen LogP contribution < -0.4 is 5.73 Å². The number of benzene rings is 1. The van der Waals surface area contributed by atoms with Gasteiger partial charge in [0.1, 0.15) is 5.82 Å². The number of alkyl halides is 3. The van der Waals surface area contributed by atoms with Crippen LogP contribution in [0.2, 0.25) is 0 Å². The third-order valence-corrected chi connectivity index (χ3v) is 1.56. The maximum atomic E-state index is 12.8. The molecule has 0 aromatic heterocycles. The van der Waals surface area contributed by atoms with Crippen LogP contribution in [0.3, 0.4) is 0 Å². The van der Waals surface area contributed by atoms with Crippen molar-refractivity contribution >= 4 is 5.69 Å². The van der Waals surface area contributed by atoms with Gasteiger partial charge in [-0.1, -0.05) is 0 Å². The maximum Gasteiger partial charge on any atom is 0.418 e. The van der Waals surface area contributed by atoms with E-state index in [0.29, 0.717) is 12.1 Å². The third kappa shape index (κ3) is 1.76.